The molecule has 1 atom stereocenters. The lowest BCUT2D eigenvalue weighted by Crippen LogP contribution is -2.61. The fourth-order valence-corrected chi connectivity index (χ4v) is 1.93. The standard InChI is InChI=1S/C16H22F7NO4S/c1-4-11(25)28-14(15(19,20)21,12(26)24-9-10(2)3)27-8-6-5-7-13(17,18)16(22,23)29/h4,10,29H,1,5-9H2,2-3H3,(H,24,26). The molecule has 0 bridgehead atoms. The van der Waals surface area contributed by atoms with E-state index < -0.39 is 60.9 Å². The van der Waals surface area contributed by atoms with Crippen LogP contribution in [0.2, 0.25) is 0 Å². The first-order valence-corrected chi connectivity index (χ1v) is 8.77. The van der Waals surface area contributed by atoms with Crippen LogP contribution in [-0.4, -0.2) is 48.2 Å². The van der Waals surface area contributed by atoms with Crippen molar-refractivity contribution in [1.29, 1.82) is 0 Å². The van der Waals surface area contributed by atoms with Crippen molar-refractivity contribution in [2.45, 2.75) is 56.3 Å². The third-order valence-corrected chi connectivity index (χ3v) is 3.71. The van der Waals surface area contributed by atoms with E-state index in [1.807, 2.05) is 5.32 Å². The van der Waals surface area contributed by atoms with Crippen LogP contribution in [0.5, 0.6) is 0 Å². The third kappa shape index (κ3) is 8.03. The Balaban J connectivity index is 5.31. The van der Waals surface area contributed by atoms with E-state index in [9.17, 15) is 40.3 Å². The summed E-state index contributed by atoms with van der Waals surface area (Å²) in [5.74, 6) is -12.3. The van der Waals surface area contributed by atoms with Crippen LogP contribution in [0.3, 0.4) is 0 Å². The van der Waals surface area contributed by atoms with Crippen molar-refractivity contribution in [2.24, 2.45) is 5.92 Å². The van der Waals surface area contributed by atoms with Crippen LogP contribution in [0.1, 0.15) is 33.1 Å². The predicted molar refractivity (Wildman–Crippen MR) is 91.6 cm³/mol. The van der Waals surface area contributed by atoms with Crippen molar-refractivity contribution in [2.75, 3.05) is 13.2 Å². The summed E-state index contributed by atoms with van der Waals surface area (Å²) in [4.78, 5) is 23.5. The van der Waals surface area contributed by atoms with Gasteiger partial charge < -0.3 is 14.8 Å². The lowest BCUT2D eigenvalue weighted by Gasteiger charge is -2.33. The highest BCUT2D eigenvalue weighted by Crippen LogP contribution is 2.41. The van der Waals surface area contributed by atoms with Crippen LogP contribution >= 0.6 is 12.6 Å². The van der Waals surface area contributed by atoms with Gasteiger partial charge in [0.2, 0.25) is 0 Å². The first kappa shape index (κ1) is 27.5. The number of carbonyl (C=O) groups is 2. The minimum Gasteiger partial charge on any atom is -0.412 e. The number of alkyl halides is 7. The van der Waals surface area contributed by atoms with Gasteiger partial charge in [-0.25, -0.2) is 4.79 Å². The zero-order valence-corrected chi connectivity index (χ0v) is 16.5. The topological polar surface area (TPSA) is 64.6 Å². The molecular formula is C16H22F7NO4S. The van der Waals surface area contributed by atoms with Gasteiger partial charge in [0, 0.05) is 19.0 Å². The zero-order valence-electron chi connectivity index (χ0n) is 15.6. The molecule has 0 radical (unpaired) electrons. The summed E-state index contributed by atoms with van der Waals surface area (Å²) in [5, 5.41) is -2.69. The first-order valence-electron chi connectivity index (χ1n) is 8.32. The van der Waals surface area contributed by atoms with Gasteiger partial charge in [0.1, 0.15) is 0 Å². The minimum atomic E-state index is -5.53. The van der Waals surface area contributed by atoms with E-state index in [4.69, 9.17) is 0 Å². The van der Waals surface area contributed by atoms with Gasteiger partial charge in [-0.3, -0.25) is 4.79 Å². The Labute approximate surface area is 168 Å². The number of ether oxygens (including phenoxy) is 2. The molecule has 13 heteroatoms. The van der Waals surface area contributed by atoms with Crippen molar-refractivity contribution in [3.8, 4) is 0 Å². The van der Waals surface area contributed by atoms with Crippen molar-refractivity contribution in [3.63, 3.8) is 0 Å². The molecule has 1 amide bonds. The quantitative estimate of drug-likeness (QED) is 0.116. The average molecular weight is 457 g/mol. The van der Waals surface area contributed by atoms with Crippen LogP contribution in [0, 0.1) is 5.92 Å². The number of esters is 1. The molecule has 0 spiro atoms. The third-order valence-electron chi connectivity index (χ3n) is 3.38. The second kappa shape index (κ2) is 10.5. The Morgan fingerprint density at radius 2 is 1.66 bits per heavy atom. The summed E-state index contributed by atoms with van der Waals surface area (Å²) < 4.78 is 101. The van der Waals surface area contributed by atoms with Crippen molar-refractivity contribution >= 4 is 24.5 Å². The second-order valence-corrected chi connectivity index (χ2v) is 6.96. The summed E-state index contributed by atoms with van der Waals surface area (Å²) in [6.45, 7) is 4.90. The molecular weight excluding hydrogens is 435 g/mol. The van der Waals surface area contributed by atoms with Crippen LogP contribution in [0.25, 0.3) is 0 Å². The lowest BCUT2D eigenvalue weighted by atomic mass is 10.1. The lowest BCUT2D eigenvalue weighted by molar-refractivity contribution is -0.347. The fraction of sp³-hybridized carbons (Fsp3) is 0.750. The summed E-state index contributed by atoms with van der Waals surface area (Å²) in [7, 11) is 0. The molecule has 0 aromatic rings. The molecule has 0 rings (SSSR count). The highest BCUT2D eigenvalue weighted by molar-refractivity contribution is 7.81. The molecule has 0 aromatic heterocycles. The van der Waals surface area contributed by atoms with E-state index >= 15 is 0 Å². The van der Waals surface area contributed by atoms with Crippen molar-refractivity contribution < 1.29 is 49.8 Å². The molecule has 170 valence electrons. The van der Waals surface area contributed by atoms with Gasteiger partial charge in [0.15, 0.2) is 0 Å². The summed E-state index contributed by atoms with van der Waals surface area (Å²) >= 11 is 2.48. The molecule has 0 aliphatic heterocycles. The molecule has 0 fully saturated rings. The van der Waals surface area contributed by atoms with Gasteiger partial charge in [-0.15, -0.1) is 0 Å². The molecule has 0 aliphatic carbocycles. The minimum absolute atomic E-state index is 0.213. The molecule has 0 saturated heterocycles. The Bertz CT molecular complexity index is 579. The smallest absolute Gasteiger partial charge is 0.412 e. The largest absolute Gasteiger partial charge is 0.466 e. The van der Waals surface area contributed by atoms with E-state index in [1.54, 1.807) is 13.8 Å². The van der Waals surface area contributed by atoms with E-state index in [2.05, 4.69) is 28.7 Å². The second-order valence-electron chi connectivity index (χ2n) is 6.39. The number of nitrogens with one attached hydrogen (secondary N) is 1. The van der Waals surface area contributed by atoms with Crippen LogP contribution in [0.15, 0.2) is 12.7 Å². The van der Waals surface area contributed by atoms with E-state index in [0.717, 1.165) is 0 Å². The number of hydrogen-bond donors (Lipinski definition) is 2. The molecule has 0 aliphatic rings. The number of carbonyl (C=O) groups excluding carboxylic acids is 2. The van der Waals surface area contributed by atoms with Gasteiger partial charge in [-0.1, -0.05) is 33.1 Å². The summed E-state index contributed by atoms with van der Waals surface area (Å²) in [6.07, 6.45) is -7.80. The SMILES string of the molecule is C=CC(=O)OC(OCCCCC(F)(F)C(F)(F)S)(C(=O)NCC(C)C)C(F)(F)F. The van der Waals surface area contributed by atoms with Crippen LogP contribution in [-0.2, 0) is 19.1 Å². The summed E-state index contributed by atoms with van der Waals surface area (Å²) in [5.41, 5.74) is 0. The number of thiol groups is 1. The highest BCUT2D eigenvalue weighted by atomic mass is 32.1. The van der Waals surface area contributed by atoms with Gasteiger partial charge >= 0.3 is 35.0 Å². The van der Waals surface area contributed by atoms with E-state index in [1.165, 1.54) is 0 Å². The van der Waals surface area contributed by atoms with Gasteiger partial charge in [-0.05, 0) is 18.8 Å². The number of halogens is 7. The maximum Gasteiger partial charge on any atom is 0.466 e. The number of rotatable bonds is 12. The molecule has 5 nitrogen and oxygen atoms in total. The average Bonchev–Trinajstić information content (AvgIpc) is 2.55. The Hall–Kier alpha value is -1.50. The Morgan fingerprint density at radius 1 is 1.10 bits per heavy atom. The fourth-order valence-electron chi connectivity index (χ4n) is 1.82. The highest BCUT2D eigenvalue weighted by Gasteiger charge is 2.66. The molecule has 1 unspecified atom stereocenters. The van der Waals surface area contributed by atoms with Gasteiger partial charge in [0.25, 0.3) is 0 Å². The van der Waals surface area contributed by atoms with Crippen LogP contribution < -0.4 is 5.32 Å². The normalized spacial score (nSPS) is 15.0. The van der Waals surface area contributed by atoms with Gasteiger partial charge in [-0.2, -0.15) is 30.7 Å². The maximum atomic E-state index is 13.6. The molecule has 0 saturated carbocycles. The van der Waals surface area contributed by atoms with E-state index in [-0.39, 0.29) is 12.5 Å². The maximum absolute atomic E-state index is 13.6. The number of unbranched alkanes of at least 4 members (excludes halogenated alkanes) is 1. The monoisotopic (exact) mass is 457 g/mol. The summed E-state index contributed by atoms with van der Waals surface area (Å²) in [6, 6.07) is 0. The zero-order chi connectivity index (χ0) is 23.1. The Morgan fingerprint density at radius 3 is 2.07 bits per heavy atom. The van der Waals surface area contributed by atoms with Crippen LogP contribution in [0.4, 0.5) is 30.7 Å². The predicted octanol–water partition coefficient (Wildman–Crippen LogP) is 4.09. The number of amides is 1. The molecule has 1 N–H and O–H groups in total. The number of hydrogen-bond acceptors (Lipinski definition) is 5. The first-order chi connectivity index (χ1) is 13.0. The van der Waals surface area contributed by atoms with Crippen molar-refractivity contribution in [3.05, 3.63) is 12.7 Å². The van der Waals surface area contributed by atoms with Gasteiger partial charge in [0.05, 0.1) is 6.61 Å². The molecule has 0 heterocycles. The van der Waals surface area contributed by atoms with E-state index in [0.29, 0.717) is 6.08 Å². The molecule has 0 aromatic carbocycles. The Kier molecular flexibility index (Phi) is 9.96. The van der Waals surface area contributed by atoms with Crippen molar-refractivity contribution in [1.82, 2.24) is 5.32 Å². The molecule has 29 heavy (non-hydrogen) atoms.